The zero-order valence-electron chi connectivity index (χ0n) is 19.9. The number of amides is 1. The molecule has 0 aliphatic heterocycles. The van der Waals surface area contributed by atoms with E-state index in [-0.39, 0.29) is 21.4 Å². The van der Waals surface area contributed by atoms with Gasteiger partial charge in [0.25, 0.3) is 20.0 Å². The van der Waals surface area contributed by atoms with E-state index in [1.54, 1.807) is 55.5 Å². The Bertz CT molecular complexity index is 1650. The average molecular weight is 617 g/mol. The average Bonchev–Trinajstić information content (AvgIpc) is 2.88. The number of sulfonamides is 2. The summed E-state index contributed by atoms with van der Waals surface area (Å²) >= 11 is 3.32. The van der Waals surface area contributed by atoms with Gasteiger partial charge in [0.2, 0.25) is 11.9 Å². The molecular weight excluding hydrogens is 594 g/mol. The van der Waals surface area contributed by atoms with Gasteiger partial charge in [-0.3, -0.25) is 9.10 Å². The fraction of sp³-hybridized carbons (Fsp3) is 0.0800. The topological polar surface area (TPSA) is 138 Å². The van der Waals surface area contributed by atoms with Gasteiger partial charge in [-0.25, -0.2) is 31.5 Å². The second-order valence-corrected chi connectivity index (χ2v) is 12.5. The highest BCUT2D eigenvalue weighted by Crippen LogP contribution is 2.25. The normalized spacial score (nSPS) is 11.5. The zero-order valence-corrected chi connectivity index (χ0v) is 23.2. The van der Waals surface area contributed by atoms with Gasteiger partial charge in [0.1, 0.15) is 6.54 Å². The van der Waals surface area contributed by atoms with Gasteiger partial charge in [-0.1, -0.05) is 34.1 Å². The van der Waals surface area contributed by atoms with Gasteiger partial charge < -0.3 is 5.32 Å². The minimum atomic E-state index is -4.06. The number of nitrogens with one attached hydrogen (secondary N) is 2. The summed E-state index contributed by atoms with van der Waals surface area (Å²) in [6.07, 6.45) is 1.44. The number of nitrogens with zero attached hydrogens (tertiary/aromatic N) is 3. The van der Waals surface area contributed by atoms with Crippen molar-refractivity contribution >= 4 is 59.2 Å². The van der Waals surface area contributed by atoms with E-state index in [9.17, 15) is 21.6 Å². The van der Waals surface area contributed by atoms with Gasteiger partial charge in [-0.05, 0) is 73.7 Å². The van der Waals surface area contributed by atoms with Crippen LogP contribution in [0, 0.1) is 6.92 Å². The summed E-state index contributed by atoms with van der Waals surface area (Å²) < 4.78 is 56.2. The van der Waals surface area contributed by atoms with Crippen LogP contribution < -0.4 is 14.3 Å². The highest BCUT2D eigenvalue weighted by Gasteiger charge is 2.27. The van der Waals surface area contributed by atoms with Crippen LogP contribution in [0.4, 0.5) is 17.3 Å². The number of anilines is 3. The summed E-state index contributed by atoms with van der Waals surface area (Å²) in [5.41, 5.74) is 1.19. The van der Waals surface area contributed by atoms with E-state index < -0.39 is 32.5 Å². The fourth-order valence-corrected chi connectivity index (χ4v) is 6.02. The first kappa shape index (κ1) is 27.2. The molecule has 0 bridgehead atoms. The Labute approximate surface area is 229 Å². The predicted molar refractivity (Wildman–Crippen MR) is 148 cm³/mol. The lowest BCUT2D eigenvalue weighted by Crippen LogP contribution is -2.38. The lowest BCUT2D eigenvalue weighted by atomic mass is 10.3. The first-order chi connectivity index (χ1) is 18.0. The number of rotatable bonds is 9. The van der Waals surface area contributed by atoms with Crippen LogP contribution in [0.3, 0.4) is 0 Å². The molecular formula is C25H22BrN5O5S2. The Balaban J connectivity index is 1.52. The zero-order chi connectivity index (χ0) is 27.3. The molecule has 0 aliphatic carbocycles. The van der Waals surface area contributed by atoms with Gasteiger partial charge in [-0.15, -0.1) is 0 Å². The number of aryl methyl sites for hydroxylation is 1. The lowest BCUT2D eigenvalue weighted by Gasteiger charge is -2.24. The van der Waals surface area contributed by atoms with Crippen molar-refractivity contribution in [2.24, 2.45) is 0 Å². The maximum Gasteiger partial charge on any atom is 0.264 e. The highest BCUT2D eigenvalue weighted by atomic mass is 79.9. The lowest BCUT2D eigenvalue weighted by molar-refractivity contribution is -0.114. The molecule has 4 aromatic rings. The standard InChI is InChI=1S/C25H22BrN5O5S2/c1-18-15-16-27-25(28-18)30-37(33,34)22-13-9-20(10-14-22)29-24(32)17-31(21-11-7-19(26)8-12-21)38(35,36)23-5-3-2-4-6-23/h2-16H,17H2,1H3,(H,29,32)(H,27,28,30). The first-order valence-electron chi connectivity index (χ1n) is 11.1. The molecule has 196 valence electrons. The molecule has 1 heterocycles. The largest absolute Gasteiger partial charge is 0.325 e. The number of carbonyl (C=O) groups is 1. The van der Waals surface area contributed by atoms with E-state index in [2.05, 4.69) is 35.9 Å². The minimum Gasteiger partial charge on any atom is -0.325 e. The van der Waals surface area contributed by atoms with Crippen molar-refractivity contribution in [1.29, 1.82) is 0 Å². The Morgan fingerprint density at radius 1 is 0.868 bits per heavy atom. The van der Waals surface area contributed by atoms with Gasteiger partial charge in [0.15, 0.2) is 0 Å². The van der Waals surface area contributed by atoms with Gasteiger partial charge in [0, 0.05) is 22.1 Å². The maximum absolute atomic E-state index is 13.4. The van der Waals surface area contributed by atoms with Crippen LogP contribution in [-0.2, 0) is 24.8 Å². The molecule has 0 saturated heterocycles. The molecule has 2 N–H and O–H groups in total. The fourth-order valence-electron chi connectivity index (χ4n) is 3.37. The van der Waals surface area contributed by atoms with E-state index in [4.69, 9.17) is 0 Å². The molecule has 38 heavy (non-hydrogen) atoms. The summed E-state index contributed by atoms with van der Waals surface area (Å²) in [6, 6.07) is 21.4. The summed E-state index contributed by atoms with van der Waals surface area (Å²) in [4.78, 5) is 20.8. The monoisotopic (exact) mass is 615 g/mol. The van der Waals surface area contributed by atoms with Crippen molar-refractivity contribution in [3.05, 3.63) is 101 Å². The molecule has 13 heteroatoms. The Morgan fingerprint density at radius 3 is 2.16 bits per heavy atom. The van der Waals surface area contributed by atoms with E-state index in [0.717, 1.165) is 8.78 Å². The predicted octanol–water partition coefficient (Wildman–Crippen LogP) is 4.18. The SMILES string of the molecule is Cc1ccnc(NS(=O)(=O)c2ccc(NC(=O)CN(c3ccc(Br)cc3)S(=O)(=O)c3ccccc3)cc2)n1. The maximum atomic E-state index is 13.4. The second-order valence-electron chi connectivity index (χ2n) is 8.00. The smallest absolute Gasteiger partial charge is 0.264 e. The van der Waals surface area contributed by atoms with Gasteiger partial charge >= 0.3 is 0 Å². The van der Waals surface area contributed by atoms with Gasteiger partial charge in [0.05, 0.1) is 15.5 Å². The third kappa shape index (κ3) is 6.54. The van der Waals surface area contributed by atoms with Crippen molar-refractivity contribution in [1.82, 2.24) is 9.97 Å². The molecule has 4 rings (SSSR count). The molecule has 1 aromatic heterocycles. The molecule has 1 amide bonds. The molecule has 3 aromatic carbocycles. The number of halogens is 1. The number of aromatic nitrogens is 2. The summed E-state index contributed by atoms with van der Waals surface area (Å²) in [6.45, 7) is 1.20. The van der Waals surface area contributed by atoms with Crippen LogP contribution in [0.2, 0.25) is 0 Å². The van der Waals surface area contributed by atoms with Crippen LogP contribution in [0.1, 0.15) is 5.69 Å². The molecule has 0 saturated carbocycles. The molecule has 0 fully saturated rings. The number of hydrogen-bond donors (Lipinski definition) is 2. The van der Waals surface area contributed by atoms with Crippen LogP contribution >= 0.6 is 15.9 Å². The van der Waals surface area contributed by atoms with Crippen molar-refractivity contribution < 1.29 is 21.6 Å². The van der Waals surface area contributed by atoms with E-state index in [0.29, 0.717) is 11.4 Å². The van der Waals surface area contributed by atoms with E-state index >= 15 is 0 Å². The number of hydrogen-bond acceptors (Lipinski definition) is 7. The van der Waals surface area contributed by atoms with Crippen molar-refractivity contribution in [3.63, 3.8) is 0 Å². The van der Waals surface area contributed by atoms with Gasteiger partial charge in [-0.2, -0.15) is 0 Å². The van der Waals surface area contributed by atoms with Crippen LogP contribution in [0.25, 0.3) is 0 Å². The number of benzene rings is 3. The molecule has 0 unspecified atom stereocenters. The van der Waals surface area contributed by atoms with Crippen LogP contribution in [0.5, 0.6) is 0 Å². The van der Waals surface area contributed by atoms with Crippen LogP contribution in [-0.4, -0.2) is 39.3 Å². The number of carbonyl (C=O) groups excluding carboxylic acids is 1. The summed E-state index contributed by atoms with van der Waals surface area (Å²) in [5, 5.41) is 2.62. The third-order valence-electron chi connectivity index (χ3n) is 5.20. The first-order valence-corrected chi connectivity index (χ1v) is 14.8. The second kappa shape index (κ2) is 11.3. The van der Waals surface area contributed by atoms with Crippen molar-refractivity contribution in [3.8, 4) is 0 Å². The Morgan fingerprint density at radius 2 is 1.53 bits per heavy atom. The van der Waals surface area contributed by atoms with Crippen LogP contribution in [0.15, 0.2) is 105 Å². The summed E-state index contributed by atoms with van der Waals surface area (Å²) in [7, 11) is -8.02. The van der Waals surface area contributed by atoms with Crippen molar-refractivity contribution in [2.45, 2.75) is 16.7 Å². The highest BCUT2D eigenvalue weighted by molar-refractivity contribution is 9.10. The van der Waals surface area contributed by atoms with Crippen molar-refractivity contribution in [2.75, 3.05) is 20.9 Å². The third-order valence-corrected chi connectivity index (χ3v) is 8.86. The van der Waals surface area contributed by atoms with E-state index in [1.807, 2.05) is 0 Å². The molecule has 0 radical (unpaired) electrons. The quantitative estimate of drug-likeness (QED) is 0.288. The molecule has 0 atom stereocenters. The molecule has 10 nitrogen and oxygen atoms in total. The molecule has 0 aliphatic rings. The Kier molecular flexibility index (Phi) is 8.09. The molecule has 0 spiro atoms. The summed E-state index contributed by atoms with van der Waals surface area (Å²) in [5.74, 6) is -0.677. The van der Waals surface area contributed by atoms with E-state index in [1.165, 1.54) is 42.6 Å². The minimum absolute atomic E-state index is 0.0374. The Hall–Kier alpha value is -3.81.